The van der Waals surface area contributed by atoms with Gasteiger partial charge in [0, 0.05) is 53.9 Å². The monoisotopic (exact) mass is 576 g/mol. The number of rotatable bonds is 8. The lowest BCUT2D eigenvalue weighted by atomic mass is 10.0. The number of alkyl halides is 1. The molecule has 3 aromatic heterocycles. The number of nitrogens with zero attached hydrogens (tertiary/aromatic N) is 3. The fraction of sp³-hybridized carbons (Fsp3) is 0.192. The predicted octanol–water partition coefficient (Wildman–Crippen LogP) is 6.72. The Morgan fingerprint density at radius 1 is 1.03 bits per heavy atom. The molecule has 7 nitrogen and oxygen atoms in total. The van der Waals surface area contributed by atoms with Crippen LogP contribution < -0.4 is 4.72 Å². The molecule has 0 aliphatic carbocycles. The summed E-state index contributed by atoms with van der Waals surface area (Å²) >= 11 is 18.3. The number of pyridine rings is 1. The SMILES string of the molecule is CCS(=O)(=O)Nc1cc(-c2cn(CCCl)c3c(O)nccc23)cc2c1ccn2Cc1ccc(Cl)c(Cl)c1. The number of halogens is 3. The third-order valence-electron chi connectivity index (χ3n) is 6.27. The van der Waals surface area contributed by atoms with Crippen molar-refractivity contribution >= 4 is 72.3 Å². The second kappa shape index (κ2) is 10.1. The van der Waals surface area contributed by atoms with Crippen LogP contribution in [0.4, 0.5) is 5.69 Å². The number of aryl methyl sites for hydroxylation is 1. The smallest absolute Gasteiger partial charge is 0.236 e. The number of nitrogens with one attached hydrogen (secondary N) is 1. The van der Waals surface area contributed by atoms with Crippen molar-refractivity contribution in [3.05, 3.63) is 76.7 Å². The highest BCUT2D eigenvalue weighted by molar-refractivity contribution is 7.92. The van der Waals surface area contributed by atoms with Gasteiger partial charge in [0.05, 0.1) is 27.0 Å². The normalized spacial score (nSPS) is 12.0. The molecule has 0 atom stereocenters. The van der Waals surface area contributed by atoms with Gasteiger partial charge in [-0.3, -0.25) is 4.72 Å². The van der Waals surface area contributed by atoms with Gasteiger partial charge < -0.3 is 14.2 Å². The van der Waals surface area contributed by atoms with Gasteiger partial charge in [0.15, 0.2) is 0 Å². The number of fused-ring (bicyclic) bond motifs is 2. The van der Waals surface area contributed by atoms with Gasteiger partial charge in [-0.2, -0.15) is 0 Å². The number of hydrogen-bond donors (Lipinski definition) is 2. The van der Waals surface area contributed by atoms with Crippen molar-refractivity contribution in [2.24, 2.45) is 0 Å². The van der Waals surface area contributed by atoms with E-state index in [1.54, 1.807) is 19.2 Å². The van der Waals surface area contributed by atoms with Crippen LogP contribution >= 0.6 is 34.8 Å². The van der Waals surface area contributed by atoms with Crippen molar-refractivity contribution < 1.29 is 13.5 Å². The van der Waals surface area contributed by atoms with E-state index in [2.05, 4.69) is 9.71 Å². The lowest BCUT2D eigenvalue weighted by Gasteiger charge is -2.13. The molecule has 0 spiro atoms. The van der Waals surface area contributed by atoms with Gasteiger partial charge in [0.1, 0.15) is 5.52 Å². The number of aromatic hydroxyl groups is 1. The Hall–Kier alpha value is -2.91. The van der Waals surface area contributed by atoms with Crippen LogP contribution in [0.15, 0.2) is 61.1 Å². The highest BCUT2D eigenvalue weighted by Gasteiger charge is 2.19. The van der Waals surface area contributed by atoms with E-state index in [4.69, 9.17) is 34.8 Å². The van der Waals surface area contributed by atoms with Crippen molar-refractivity contribution in [1.29, 1.82) is 0 Å². The number of benzene rings is 2. The summed E-state index contributed by atoms with van der Waals surface area (Å²) in [5, 5.41) is 13.0. The van der Waals surface area contributed by atoms with Gasteiger partial charge >= 0.3 is 0 Å². The molecule has 11 heteroatoms. The van der Waals surface area contributed by atoms with Crippen LogP contribution in [0.25, 0.3) is 32.9 Å². The van der Waals surface area contributed by atoms with Crippen LogP contribution in [-0.2, 0) is 23.1 Å². The first-order chi connectivity index (χ1) is 17.7. The van der Waals surface area contributed by atoms with Crippen molar-refractivity contribution in [3.8, 4) is 17.0 Å². The third kappa shape index (κ3) is 4.99. The quantitative estimate of drug-likeness (QED) is 0.200. The zero-order chi connectivity index (χ0) is 26.3. The maximum atomic E-state index is 12.6. The second-order valence-corrected chi connectivity index (χ2v) is 11.8. The Morgan fingerprint density at radius 2 is 1.84 bits per heavy atom. The highest BCUT2D eigenvalue weighted by atomic mass is 35.5. The van der Waals surface area contributed by atoms with Crippen LogP contribution in [0.3, 0.4) is 0 Å². The molecule has 0 saturated heterocycles. The molecule has 5 rings (SSSR count). The molecule has 37 heavy (non-hydrogen) atoms. The lowest BCUT2D eigenvalue weighted by molar-refractivity contribution is 0.457. The lowest BCUT2D eigenvalue weighted by Crippen LogP contribution is -2.14. The number of anilines is 1. The van der Waals surface area contributed by atoms with Crippen LogP contribution in [0.2, 0.25) is 10.0 Å². The summed E-state index contributed by atoms with van der Waals surface area (Å²) in [6, 6.07) is 13.0. The van der Waals surface area contributed by atoms with Crippen LogP contribution in [0, 0.1) is 0 Å². The fourth-order valence-electron chi connectivity index (χ4n) is 4.48. The average Bonchev–Trinajstić information content (AvgIpc) is 3.44. The molecular formula is C26H23Cl3N4O3S. The van der Waals surface area contributed by atoms with E-state index in [1.807, 2.05) is 57.9 Å². The summed E-state index contributed by atoms with van der Waals surface area (Å²) in [6.45, 7) is 2.57. The van der Waals surface area contributed by atoms with Gasteiger partial charge in [-0.1, -0.05) is 29.3 Å². The minimum Gasteiger partial charge on any atom is -0.492 e. The Morgan fingerprint density at radius 3 is 2.57 bits per heavy atom. The molecule has 3 heterocycles. The molecule has 0 aliphatic rings. The second-order valence-electron chi connectivity index (χ2n) is 8.61. The van der Waals surface area contributed by atoms with Gasteiger partial charge in [0.25, 0.3) is 0 Å². The summed E-state index contributed by atoms with van der Waals surface area (Å²) in [5.74, 6) is 0.201. The maximum absolute atomic E-state index is 12.6. The zero-order valence-corrected chi connectivity index (χ0v) is 22.8. The number of aromatic nitrogens is 3. The van der Waals surface area contributed by atoms with Crippen molar-refractivity contribution in [2.45, 2.75) is 20.0 Å². The zero-order valence-electron chi connectivity index (χ0n) is 19.7. The molecule has 0 amide bonds. The minimum atomic E-state index is -3.54. The number of sulfonamides is 1. The van der Waals surface area contributed by atoms with Crippen molar-refractivity contribution in [2.75, 3.05) is 16.4 Å². The Bertz CT molecular complexity index is 1750. The maximum Gasteiger partial charge on any atom is 0.236 e. The molecule has 0 fully saturated rings. The Labute approximate surface area is 229 Å². The first kappa shape index (κ1) is 25.7. The van der Waals surface area contributed by atoms with E-state index >= 15 is 0 Å². The molecule has 0 unspecified atom stereocenters. The topological polar surface area (TPSA) is 89.2 Å². The standard InChI is InChI=1S/C26H23Cl3N4O3S/c1-2-37(35,36)31-23-12-17(20-15-33(10-7-27)25-18(20)5-8-30-26(25)34)13-24-19(23)6-9-32(24)14-16-3-4-21(28)22(29)11-16/h3-6,8-9,11-13,15,31H,2,7,10,14H2,1H3,(H,30,34). The predicted molar refractivity (Wildman–Crippen MR) is 152 cm³/mol. The summed E-state index contributed by atoms with van der Waals surface area (Å²) < 4.78 is 31.8. The molecule has 192 valence electrons. The Balaban J connectivity index is 1.73. The van der Waals surface area contributed by atoms with E-state index in [0.29, 0.717) is 40.2 Å². The van der Waals surface area contributed by atoms with Gasteiger partial charge in [-0.25, -0.2) is 13.4 Å². The molecule has 0 saturated carbocycles. The number of hydrogen-bond acceptors (Lipinski definition) is 4. The molecule has 0 aliphatic heterocycles. The summed E-state index contributed by atoms with van der Waals surface area (Å²) in [7, 11) is -3.54. The molecule has 2 aromatic carbocycles. The highest BCUT2D eigenvalue weighted by Crippen LogP contribution is 2.38. The van der Waals surface area contributed by atoms with Crippen LogP contribution in [0.5, 0.6) is 5.88 Å². The summed E-state index contributed by atoms with van der Waals surface area (Å²) in [5.41, 5.74) is 4.41. The van der Waals surface area contributed by atoms with Crippen LogP contribution in [0.1, 0.15) is 12.5 Å². The van der Waals surface area contributed by atoms with E-state index in [9.17, 15) is 13.5 Å². The van der Waals surface area contributed by atoms with Gasteiger partial charge in [-0.05, 0) is 54.4 Å². The molecule has 0 bridgehead atoms. The average molecular weight is 578 g/mol. The Kier molecular flexibility index (Phi) is 7.02. The first-order valence-corrected chi connectivity index (χ1v) is 14.5. The van der Waals surface area contributed by atoms with Gasteiger partial charge in [0.2, 0.25) is 15.9 Å². The third-order valence-corrected chi connectivity index (χ3v) is 8.47. The largest absolute Gasteiger partial charge is 0.492 e. The molecule has 2 N–H and O–H groups in total. The molecular weight excluding hydrogens is 555 g/mol. The first-order valence-electron chi connectivity index (χ1n) is 11.5. The molecule has 0 radical (unpaired) electrons. The van der Waals surface area contributed by atoms with Crippen molar-refractivity contribution in [3.63, 3.8) is 0 Å². The van der Waals surface area contributed by atoms with Crippen LogP contribution in [-0.4, -0.2) is 39.3 Å². The van der Waals surface area contributed by atoms with Gasteiger partial charge in [-0.15, -0.1) is 11.6 Å². The minimum absolute atomic E-state index is 0.0583. The fourth-order valence-corrected chi connectivity index (χ4v) is 5.63. The van der Waals surface area contributed by atoms with E-state index < -0.39 is 10.0 Å². The van der Waals surface area contributed by atoms with E-state index in [0.717, 1.165) is 33.0 Å². The summed E-state index contributed by atoms with van der Waals surface area (Å²) in [6.07, 6.45) is 5.35. The molecule has 5 aromatic rings. The van der Waals surface area contributed by atoms with E-state index in [-0.39, 0.29) is 11.6 Å². The van der Waals surface area contributed by atoms with Crippen molar-refractivity contribution in [1.82, 2.24) is 14.1 Å². The summed E-state index contributed by atoms with van der Waals surface area (Å²) in [4.78, 5) is 4.03. The van der Waals surface area contributed by atoms with E-state index in [1.165, 1.54) is 0 Å².